The number of nitrogens with one attached hydrogen (secondary N) is 1. The topological polar surface area (TPSA) is 55.1 Å². The van der Waals surface area contributed by atoms with Gasteiger partial charge in [0.2, 0.25) is 0 Å². The minimum atomic E-state index is -0.413. The van der Waals surface area contributed by atoms with Crippen molar-refractivity contribution in [2.24, 2.45) is 5.73 Å². The Morgan fingerprint density at radius 1 is 1.44 bits per heavy atom. The number of halogens is 1. The van der Waals surface area contributed by atoms with Crippen LogP contribution in [-0.4, -0.2) is 18.0 Å². The number of hydrogen-bond donors (Lipinski definition) is 2. The maximum Gasteiger partial charge on any atom is 0.251 e. The molecule has 1 rings (SSSR count). The SMILES string of the molecule is Cc1cc(Cl)cc(C(=O)NCC(C)(C)N)c1. The summed E-state index contributed by atoms with van der Waals surface area (Å²) in [4.78, 5) is 11.8. The Labute approximate surface area is 101 Å². The lowest BCUT2D eigenvalue weighted by molar-refractivity contribution is 0.0946. The van der Waals surface area contributed by atoms with Crippen LogP contribution in [0.2, 0.25) is 5.02 Å². The van der Waals surface area contributed by atoms with Gasteiger partial charge in [0, 0.05) is 22.7 Å². The van der Waals surface area contributed by atoms with Crippen molar-refractivity contribution in [2.45, 2.75) is 26.3 Å². The lowest BCUT2D eigenvalue weighted by Gasteiger charge is -2.19. The van der Waals surface area contributed by atoms with Crippen LogP contribution in [0.4, 0.5) is 0 Å². The molecule has 1 aromatic rings. The second-order valence-electron chi connectivity index (χ2n) is 4.69. The molecule has 3 N–H and O–H groups in total. The zero-order valence-corrected chi connectivity index (χ0v) is 10.6. The molecule has 0 bridgehead atoms. The van der Waals surface area contributed by atoms with Gasteiger partial charge in [-0.15, -0.1) is 0 Å². The van der Waals surface area contributed by atoms with E-state index in [1.54, 1.807) is 12.1 Å². The summed E-state index contributed by atoms with van der Waals surface area (Å²) in [7, 11) is 0. The molecule has 4 heteroatoms. The molecule has 0 saturated carbocycles. The second-order valence-corrected chi connectivity index (χ2v) is 5.12. The molecule has 0 heterocycles. The fraction of sp³-hybridized carbons (Fsp3) is 0.417. The van der Waals surface area contributed by atoms with E-state index in [1.807, 2.05) is 26.8 Å². The molecule has 3 nitrogen and oxygen atoms in total. The van der Waals surface area contributed by atoms with Crippen LogP contribution < -0.4 is 11.1 Å². The van der Waals surface area contributed by atoms with Crippen LogP contribution in [0.25, 0.3) is 0 Å². The lowest BCUT2D eigenvalue weighted by Crippen LogP contribution is -2.45. The summed E-state index contributed by atoms with van der Waals surface area (Å²) in [6, 6.07) is 5.25. The first-order valence-corrected chi connectivity index (χ1v) is 5.50. The molecule has 1 aromatic carbocycles. The van der Waals surface area contributed by atoms with Crippen molar-refractivity contribution in [1.29, 1.82) is 0 Å². The van der Waals surface area contributed by atoms with E-state index >= 15 is 0 Å². The van der Waals surface area contributed by atoms with Crippen molar-refractivity contribution in [3.63, 3.8) is 0 Å². The van der Waals surface area contributed by atoms with Crippen molar-refractivity contribution in [1.82, 2.24) is 5.32 Å². The third-order valence-electron chi connectivity index (χ3n) is 2.01. The second kappa shape index (κ2) is 4.85. The van der Waals surface area contributed by atoms with Gasteiger partial charge in [0.1, 0.15) is 0 Å². The summed E-state index contributed by atoms with van der Waals surface area (Å²) in [6.45, 7) is 6.04. The highest BCUT2D eigenvalue weighted by Crippen LogP contribution is 2.14. The van der Waals surface area contributed by atoms with E-state index in [0.29, 0.717) is 17.1 Å². The molecular weight excluding hydrogens is 224 g/mol. The number of hydrogen-bond acceptors (Lipinski definition) is 2. The van der Waals surface area contributed by atoms with Crippen molar-refractivity contribution < 1.29 is 4.79 Å². The van der Waals surface area contributed by atoms with E-state index in [4.69, 9.17) is 17.3 Å². The van der Waals surface area contributed by atoms with Crippen LogP contribution in [0.3, 0.4) is 0 Å². The molecule has 0 aliphatic heterocycles. The third-order valence-corrected chi connectivity index (χ3v) is 2.23. The maximum absolute atomic E-state index is 11.8. The molecule has 16 heavy (non-hydrogen) atoms. The third kappa shape index (κ3) is 4.21. The molecule has 0 atom stereocenters. The molecule has 0 radical (unpaired) electrons. The standard InChI is InChI=1S/C12H17ClN2O/c1-8-4-9(6-10(13)5-8)11(16)15-7-12(2,3)14/h4-6H,7,14H2,1-3H3,(H,15,16). The quantitative estimate of drug-likeness (QED) is 0.850. The van der Waals surface area contributed by atoms with Crippen LogP contribution in [0.1, 0.15) is 29.8 Å². The van der Waals surface area contributed by atoms with Gasteiger partial charge < -0.3 is 11.1 Å². The van der Waals surface area contributed by atoms with Crippen LogP contribution in [0.15, 0.2) is 18.2 Å². The number of carbonyl (C=O) groups is 1. The van der Waals surface area contributed by atoms with Crippen molar-refractivity contribution in [2.75, 3.05) is 6.54 Å². The highest BCUT2D eigenvalue weighted by Gasteiger charge is 2.13. The van der Waals surface area contributed by atoms with Gasteiger partial charge in [-0.05, 0) is 44.5 Å². The van der Waals surface area contributed by atoms with Crippen molar-refractivity contribution >= 4 is 17.5 Å². The summed E-state index contributed by atoms with van der Waals surface area (Å²) in [5.74, 6) is -0.149. The molecule has 0 fully saturated rings. The number of amides is 1. The predicted octanol–water partition coefficient (Wildman–Crippen LogP) is 2.12. The van der Waals surface area contributed by atoms with E-state index in [2.05, 4.69) is 5.32 Å². The largest absolute Gasteiger partial charge is 0.350 e. The molecule has 0 unspecified atom stereocenters. The monoisotopic (exact) mass is 240 g/mol. The van der Waals surface area contributed by atoms with Gasteiger partial charge in [-0.2, -0.15) is 0 Å². The number of rotatable bonds is 3. The van der Waals surface area contributed by atoms with Crippen LogP contribution in [-0.2, 0) is 0 Å². The van der Waals surface area contributed by atoms with Gasteiger partial charge in [0.15, 0.2) is 0 Å². The highest BCUT2D eigenvalue weighted by molar-refractivity contribution is 6.31. The van der Waals surface area contributed by atoms with Gasteiger partial charge in [-0.3, -0.25) is 4.79 Å². The van der Waals surface area contributed by atoms with Gasteiger partial charge in [0.25, 0.3) is 5.91 Å². The van der Waals surface area contributed by atoms with Crippen molar-refractivity contribution in [3.8, 4) is 0 Å². The fourth-order valence-corrected chi connectivity index (χ4v) is 1.57. The lowest BCUT2D eigenvalue weighted by atomic mass is 10.1. The smallest absolute Gasteiger partial charge is 0.251 e. The Kier molecular flexibility index (Phi) is 3.94. The van der Waals surface area contributed by atoms with Gasteiger partial charge >= 0.3 is 0 Å². The molecule has 0 saturated heterocycles. The number of benzene rings is 1. The first-order valence-electron chi connectivity index (χ1n) is 5.12. The Hall–Kier alpha value is -1.06. The predicted molar refractivity (Wildman–Crippen MR) is 66.8 cm³/mol. The normalized spacial score (nSPS) is 11.3. The number of aryl methyl sites for hydroxylation is 1. The van der Waals surface area contributed by atoms with Gasteiger partial charge in [-0.25, -0.2) is 0 Å². The van der Waals surface area contributed by atoms with E-state index in [9.17, 15) is 4.79 Å². The Bertz CT molecular complexity index is 376. The summed E-state index contributed by atoms with van der Waals surface area (Å²) in [5, 5.41) is 3.34. The summed E-state index contributed by atoms with van der Waals surface area (Å²) in [6.07, 6.45) is 0. The van der Waals surface area contributed by atoms with Gasteiger partial charge in [-0.1, -0.05) is 11.6 Å². The highest BCUT2D eigenvalue weighted by atomic mass is 35.5. The van der Waals surface area contributed by atoms with E-state index in [-0.39, 0.29) is 5.91 Å². The molecule has 1 amide bonds. The Balaban J connectivity index is 2.73. The van der Waals surface area contributed by atoms with Gasteiger partial charge in [0.05, 0.1) is 0 Å². The van der Waals surface area contributed by atoms with Crippen LogP contribution in [0, 0.1) is 6.92 Å². The summed E-state index contributed by atoms with van der Waals surface area (Å²) < 4.78 is 0. The first kappa shape index (κ1) is 13.0. The minimum Gasteiger partial charge on any atom is -0.350 e. The molecule has 0 aromatic heterocycles. The van der Waals surface area contributed by atoms with E-state index in [1.165, 1.54) is 0 Å². The van der Waals surface area contributed by atoms with E-state index in [0.717, 1.165) is 5.56 Å². The molecule has 0 aliphatic rings. The minimum absolute atomic E-state index is 0.149. The molecule has 0 aliphatic carbocycles. The number of carbonyl (C=O) groups excluding carboxylic acids is 1. The molecular formula is C12H17ClN2O. The van der Waals surface area contributed by atoms with Crippen molar-refractivity contribution in [3.05, 3.63) is 34.3 Å². The zero-order valence-electron chi connectivity index (χ0n) is 9.80. The first-order chi connectivity index (χ1) is 7.28. The summed E-state index contributed by atoms with van der Waals surface area (Å²) >= 11 is 5.88. The fourth-order valence-electron chi connectivity index (χ4n) is 1.28. The average Bonchev–Trinajstić information content (AvgIpc) is 2.11. The zero-order chi connectivity index (χ0) is 12.3. The van der Waals surface area contributed by atoms with E-state index < -0.39 is 5.54 Å². The average molecular weight is 241 g/mol. The van der Waals surface area contributed by atoms with Crippen LogP contribution >= 0.6 is 11.6 Å². The van der Waals surface area contributed by atoms with Crippen LogP contribution in [0.5, 0.6) is 0 Å². The Morgan fingerprint density at radius 3 is 2.56 bits per heavy atom. The summed E-state index contributed by atoms with van der Waals surface area (Å²) in [5.41, 5.74) is 6.89. The maximum atomic E-state index is 11.8. The Morgan fingerprint density at radius 2 is 2.06 bits per heavy atom. The molecule has 0 spiro atoms. The number of nitrogens with two attached hydrogens (primary N) is 1. The molecule has 88 valence electrons.